The van der Waals surface area contributed by atoms with Crippen molar-refractivity contribution in [2.45, 2.75) is 32.1 Å². The van der Waals surface area contributed by atoms with Gasteiger partial charge < -0.3 is 9.52 Å². The lowest BCUT2D eigenvalue weighted by molar-refractivity contribution is -0.137. The van der Waals surface area contributed by atoms with E-state index < -0.39 is 5.97 Å². The lowest BCUT2D eigenvalue weighted by Crippen LogP contribution is -2.07. The predicted octanol–water partition coefficient (Wildman–Crippen LogP) is 2.86. The third-order valence-electron chi connectivity index (χ3n) is 2.51. The Bertz CT molecular complexity index is 519. The van der Waals surface area contributed by atoms with E-state index in [4.69, 9.17) is 9.52 Å². The van der Waals surface area contributed by atoms with Crippen LogP contribution < -0.4 is 0 Å². The molecule has 0 fully saturated rings. The Morgan fingerprint density at radius 1 is 1.44 bits per heavy atom. The van der Waals surface area contributed by atoms with Crippen LogP contribution in [0.4, 0.5) is 0 Å². The van der Waals surface area contributed by atoms with Gasteiger partial charge in [-0.25, -0.2) is 0 Å². The number of aliphatic carboxylic acids is 1. The van der Waals surface area contributed by atoms with Crippen LogP contribution in [0.3, 0.4) is 0 Å². The van der Waals surface area contributed by atoms with Crippen molar-refractivity contribution in [3.63, 3.8) is 0 Å². The molecule has 96 valence electrons. The van der Waals surface area contributed by atoms with Gasteiger partial charge >= 0.3 is 5.97 Å². The lowest BCUT2D eigenvalue weighted by atomic mass is 10.0. The molecule has 0 aliphatic heterocycles. The Balaban J connectivity index is 2.30. The van der Waals surface area contributed by atoms with Gasteiger partial charge in [0, 0.05) is 10.8 Å². The highest BCUT2D eigenvalue weighted by Gasteiger charge is 2.25. The molecule has 6 heteroatoms. The summed E-state index contributed by atoms with van der Waals surface area (Å²) >= 11 is 1.49. The smallest absolute Gasteiger partial charge is 0.304 e. The highest BCUT2D eigenvalue weighted by molar-refractivity contribution is 7.10. The van der Waals surface area contributed by atoms with E-state index in [1.807, 2.05) is 31.4 Å². The largest absolute Gasteiger partial charge is 0.481 e. The molecule has 0 aliphatic rings. The van der Waals surface area contributed by atoms with Gasteiger partial charge in [-0.15, -0.1) is 21.5 Å². The van der Waals surface area contributed by atoms with Crippen LogP contribution in [-0.4, -0.2) is 21.3 Å². The van der Waals surface area contributed by atoms with E-state index in [9.17, 15) is 4.79 Å². The van der Waals surface area contributed by atoms with Crippen molar-refractivity contribution >= 4 is 17.3 Å². The summed E-state index contributed by atoms with van der Waals surface area (Å²) < 4.78 is 5.55. The Labute approximate surface area is 108 Å². The van der Waals surface area contributed by atoms with Gasteiger partial charge in [-0.2, -0.15) is 0 Å². The molecule has 0 amide bonds. The summed E-state index contributed by atoms with van der Waals surface area (Å²) in [7, 11) is 0. The number of nitrogens with zero attached hydrogens (tertiary/aromatic N) is 2. The van der Waals surface area contributed by atoms with Gasteiger partial charge in [0.1, 0.15) is 0 Å². The van der Waals surface area contributed by atoms with Crippen LogP contribution in [0.2, 0.25) is 0 Å². The fraction of sp³-hybridized carbons (Fsp3) is 0.417. The van der Waals surface area contributed by atoms with Crippen LogP contribution in [0.15, 0.2) is 21.9 Å². The van der Waals surface area contributed by atoms with Crippen LogP contribution in [0.25, 0.3) is 0 Å². The first-order chi connectivity index (χ1) is 8.58. The highest BCUT2D eigenvalue weighted by atomic mass is 32.1. The van der Waals surface area contributed by atoms with E-state index in [1.165, 1.54) is 11.3 Å². The van der Waals surface area contributed by atoms with Crippen LogP contribution in [-0.2, 0) is 4.79 Å². The van der Waals surface area contributed by atoms with Gasteiger partial charge in [0.05, 0.1) is 12.3 Å². The molecule has 0 saturated heterocycles. The summed E-state index contributed by atoms with van der Waals surface area (Å²) in [5.74, 6) is -0.180. The number of rotatable bonds is 5. The fourth-order valence-corrected chi connectivity index (χ4v) is 2.41. The first-order valence-electron chi connectivity index (χ1n) is 5.66. The number of carboxylic acids is 1. The molecule has 0 spiro atoms. The average Bonchev–Trinajstić information content (AvgIpc) is 2.97. The zero-order chi connectivity index (χ0) is 13.1. The molecule has 2 aromatic heterocycles. The average molecular weight is 266 g/mol. The topological polar surface area (TPSA) is 76.2 Å². The van der Waals surface area contributed by atoms with Crippen LogP contribution >= 0.6 is 11.3 Å². The third kappa shape index (κ3) is 2.76. The van der Waals surface area contributed by atoms with E-state index in [0.29, 0.717) is 11.8 Å². The molecule has 5 nitrogen and oxygen atoms in total. The van der Waals surface area contributed by atoms with Gasteiger partial charge in [0.15, 0.2) is 0 Å². The number of aromatic nitrogens is 2. The summed E-state index contributed by atoms with van der Waals surface area (Å²) in [6, 6.07) is 3.77. The van der Waals surface area contributed by atoms with Gasteiger partial charge in [0.25, 0.3) is 0 Å². The maximum absolute atomic E-state index is 10.9. The molecule has 1 atom stereocenters. The van der Waals surface area contributed by atoms with Crippen molar-refractivity contribution in [1.29, 1.82) is 0 Å². The number of carboxylic acid groups (broad SMARTS) is 1. The normalized spacial score (nSPS) is 12.8. The Kier molecular flexibility index (Phi) is 3.76. The second-order valence-electron chi connectivity index (χ2n) is 4.30. The molecular formula is C12H14N2O3S. The van der Waals surface area contributed by atoms with Gasteiger partial charge in [0.2, 0.25) is 11.8 Å². The molecule has 1 unspecified atom stereocenters. The molecule has 2 rings (SSSR count). The first kappa shape index (κ1) is 12.8. The van der Waals surface area contributed by atoms with Crippen LogP contribution in [0.1, 0.15) is 48.8 Å². The lowest BCUT2D eigenvalue weighted by Gasteiger charge is -2.07. The number of thiophene rings is 1. The molecular weight excluding hydrogens is 252 g/mol. The molecule has 0 radical (unpaired) electrons. The van der Waals surface area contributed by atoms with E-state index in [1.54, 1.807) is 0 Å². The fourth-order valence-electron chi connectivity index (χ4n) is 1.59. The molecule has 2 aromatic rings. The molecule has 0 saturated carbocycles. The van der Waals surface area contributed by atoms with E-state index in [2.05, 4.69) is 10.2 Å². The Morgan fingerprint density at radius 3 is 2.67 bits per heavy atom. The zero-order valence-corrected chi connectivity index (χ0v) is 11.0. The van der Waals surface area contributed by atoms with Crippen LogP contribution in [0, 0.1) is 0 Å². The van der Waals surface area contributed by atoms with E-state index in [-0.39, 0.29) is 18.3 Å². The molecule has 0 bridgehead atoms. The number of hydrogen-bond acceptors (Lipinski definition) is 5. The van der Waals surface area contributed by atoms with Crippen molar-refractivity contribution < 1.29 is 14.3 Å². The zero-order valence-electron chi connectivity index (χ0n) is 10.2. The molecule has 18 heavy (non-hydrogen) atoms. The highest BCUT2D eigenvalue weighted by Crippen LogP contribution is 2.31. The Hall–Kier alpha value is -1.69. The third-order valence-corrected chi connectivity index (χ3v) is 3.50. The second kappa shape index (κ2) is 5.30. The molecule has 1 N–H and O–H groups in total. The molecule has 0 aromatic carbocycles. The predicted molar refractivity (Wildman–Crippen MR) is 66.8 cm³/mol. The quantitative estimate of drug-likeness (QED) is 0.900. The number of carbonyl (C=O) groups is 1. The van der Waals surface area contributed by atoms with Crippen molar-refractivity contribution in [2.24, 2.45) is 0 Å². The number of hydrogen-bond donors (Lipinski definition) is 1. The van der Waals surface area contributed by atoms with Crippen molar-refractivity contribution in [3.05, 3.63) is 34.2 Å². The minimum Gasteiger partial charge on any atom is -0.481 e. The summed E-state index contributed by atoms with van der Waals surface area (Å²) in [5, 5.41) is 18.8. The standard InChI is InChI=1S/C12H14N2O3S/c1-7(2)11-13-14-12(17-11)8(6-10(15)16)9-4-3-5-18-9/h3-5,7-8H,6H2,1-2H3,(H,15,16). The van der Waals surface area contributed by atoms with Crippen LogP contribution in [0.5, 0.6) is 0 Å². The van der Waals surface area contributed by atoms with Crippen molar-refractivity contribution in [3.8, 4) is 0 Å². The summed E-state index contributed by atoms with van der Waals surface area (Å²) in [6.07, 6.45) is -0.0414. The SMILES string of the molecule is CC(C)c1nnc(C(CC(=O)O)c2cccs2)o1. The Morgan fingerprint density at radius 2 is 2.17 bits per heavy atom. The minimum absolute atomic E-state index is 0.0414. The van der Waals surface area contributed by atoms with E-state index >= 15 is 0 Å². The molecule has 2 heterocycles. The van der Waals surface area contributed by atoms with Gasteiger partial charge in [-0.05, 0) is 11.4 Å². The van der Waals surface area contributed by atoms with E-state index in [0.717, 1.165) is 4.88 Å². The summed E-state index contributed by atoms with van der Waals surface area (Å²) in [6.45, 7) is 3.91. The monoisotopic (exact) mass is 266 g/mol. The minimum atomic E-state index is -0.877. The summed E-state index contributed by atoms with van der Waals surface area (Å²) in [5.41, 5.74) is 0. The molecule has 0 aliphatic carbocycles. The van der Waals surface area contributed by atoms with Gasteiger partial charge in [-0.3, -0.25) is 4.79 Å². The maximum atomic E-state index is 10.9. The van der Waals surface area contributed by atoms with Crippen molar-refractivity contribution in [2.75, 3.05) is 0 Å². The second-order valence-corrected chi connectivity index (χ2v) is 5.28. The van der Waals surface area contributed by atoms with Crippen molar-refractivity contribution in [1.82, 2.24) is 10.2 Å². The maximum Gasteiger partial charge on any atom is 0.304 e. The summed E-state index contributed by atoms with van der Waals surface area (Å²) in [4.78, 5) is 11.9. The van der Waals surface area contributed by atoms with Gasteiger partial charge in [-0.1, -0.05) is 19.9 Å². The first-order valence-corrected chi connectivity index (χ1v) is 6.54.